The number of hydrogen-bond acceptors (Lipinski definition) is 4. The zero-order valence-electron chi connectivity index (χ0n) is 18.3. The average Bonchev–Trinajstić information content (AvgIpc) is 2.85. The average molecular weight is 443 g/mol. The van der Waals surface area contributed by atoms with Crippen LogP contribution in [0.3, 0.4) is 0 Å². The summed E-state index contributed by atoms with van der Waals surface area (Å²) in [4.78, 5) is 26.1. The van der Waals surface area contributed by atoms with Crippen molar-refractivity contribution in [3.05, 3.63) is 56.7 Å². The van der Waals surface area contributed by atoms with Crippen LogP contribution < -0.4 is 9.47 Å². The Labute approximate surface area is 162 Å². The highest BCUT2D eigenvalue weighted by molar-refractivity contribution is 14.1. The number of carbonyl (C=O) groups excluding carboxylic acids is 2. The van der Waals surface area contributed by atoms with Crippen LogP contribution in [-0.2, 0) is 6.42 Å². The van der Waals surface area contributed by atoms with E-state index in [0.717, 1.165) is 4.90 Å². The molecule has 124 valence electrons. The van der Waals surface area contributed by atoms with Gasteiger partial charge in [-0.15, -0.1) is 0 Å². The van der Waals surface area contributed by atoms with Gasteiger partial charge in [-0.05, 0) is 58.8 Å². The lowest BCUT2D eigenvalue weighted by atomic mass is 10.1. The van der Waals surface area contributed by atoms with Gasteiger partial charge < -0.3 is 9.47 Å². The van der Waals surface area contributed by atoms with Gasteiger partial charge in [0, 0.05) is 6.54 Å². The topological polar surface area (TPSA) is 55.8 Å². The quantitative estimate of drug-likeness (QED) is 0.527. The zero-order chi connectivity index (χ0) is 22.3. The summed E-state index contributed by atoms with van der Waals surface area (Å²) < 4.78 is 54.3. The molecule has 0 aromatic heterocycles. The first-order valence-electron chi connectivity index (χ1n) is 10.0. The normalized spacial score (nSPS) is 18.0. The van der Waals surface area contributed by atoms with Crippen LogP contribution in [0, 0.1) is 3.57 Å². The summed E-state index contributed by atoms with van der Waals surface area (Å²) in [6.07, 6.45) is 0.0468. The number of methoxy groups -OCH3 is 2. The van der Waals surface area contributed by atoms with Crippen molar-refractivity contribution in [2.24, 2.45) is 0 Å². The van der Waals surface area contributed by atoms with Crippen molar-refractivity contribution in [3.8, 4) is 11.5 Å². The lowest BCUT2D eigenvalue weighted by Gasteiger charge is -2.16. The van der Waals surface area contributed by atoms with Gasteiger partial charge >= 0.3 is 0 Å². The van der Waals surface area contributed by atoms with Crippen molar-refractivity contribution in [2.75, 3.05) is 20.6 Å². The first-order chi connectivity index (χ1) is 13.9. The van der Waals surface area contributed by atoms with Gasteiger partial charge in [-0.1, -0.05) is 12.1 Å². The molecule has 6 heteroatoms. The van der Waals surface area contributed by atoms with E-state index >= 15 is 0 Å². The molecule has 2 amide bonds. The predicted octanol–water partition coefficient (Wildman–Crippen LogP) is 3.15. The minimum atomic E-state index is -2.74. The fraction of sp³-hybridized carbons (Fsp3) is 0.222. The van der Waals surface area contributed by atoms with E-state index < -0.39 is 25.9 Å². The number of rotatable bonds is 5. The molecule has 0 bridgehead atoms. The van der Waals surface area contributed by atoms with Crippen LogP contribution in [0.5, 0.6) is 11.5 Å². The Morgan fingerprint density at radius 2 is 1.67 bits per heavy atom. The van der Waals surface area contributed by atoms with Crippen LogP contribution in [0.2, 0.25) is 0 Å². The number of imide groups is 1. The van der Waals surface area contributed by atoms with Gasteiger partial charge in [0.1, 0.15) is 11.5 Å². The van der Waals surface area contributed by atoms with Crippen LogP contribution in [-0.4, -0.2) is 37.3 Å². The number of benzene rings is 2. The zero-order valence-corrected chi connectivity index (χ0v) is 14.5. The molecule has 3 rings (SSSR count). The SMILES string of the molecule is [2H]C([2H])([2H])Oc1cc(CCN2C(=O)c3ccccc3C2=O)c(OC([2H])([2H])[2H])cc1I. The first-order valence-corrected chi connectivity index (χ1v) is 8.09. The van der Waals surface area contributed by atoms with E-state index in [2.05, 4.69) is 0 Å². The second kappa shape index (κ2) is 6.80. The van der Waals surface area contributed by atoms with E-state index in [1.54, 1.807) is 24.3 Å². The molecule has 0 saturated carbocycles. The predicted molar refractivity (Wildman–Crippen MR) is 97.8 cm³/mol. The minimum Gasteiger partial charge on any atom is -0.496 e. The van der Waals surface area contributed by atoms with Gasteiger partial charge in [-0.25, -0.2) is 0 Å². The Morgan fingerprint density at radius 3 is 2.29 bits per heavy atom. The molecule has 0 fully saturated rings. The molecule has 2 aromatic rings. The van der Waals surface area contributed by atoms with Crippen molar-refractivity contribution in [3.63, 3.8) is 0 Å². The van der Waals surface area contributed by atoms with Crippen LogP contribution >= 0.6 is 22.6 Å². The summed E-state index contributed by atoms with van der Waals surface area (Å²) >= 11 is 1.81. The van der Waals surface area contributed by atoms with Gasteiger partial charge in [-0.3, -0.25) is 14.5 Å². The summed E-state index contributed by atoms with van der Waals surface area (Å²) in [5.74, 6) is -0.878. The maximum absolute atomic E-state index is 12.5. The molecule has 24 heavy (non-hydrogen) atoms. The minimum absolute atomic E-state index is 0.00565. The summed E-state index contributed by atoms with van der Waals surface area (Å²) in [7, 11) is -5.44. The number of hydrogen-bond donors (Lipinski definition) is 0. The van der Waals surface area contributed by atoms with E-state index in [1.165, 1.54) is 12.1 Å². The van der Waals surface area contributed by atoms with Gasteiger partial charge in [0.15, 0.2) is 0 Å². The molecule has 1 aliphatic heterocycles. The van der Waals surface area contributed by atoms with Crippen molar-refractivity contribution < 1.29 is 27.3 Å². The van der Waals surface area contributed by atoms with Crippen LogP contribution in [0.1, 0.15) is 34.5 Å². The number of halogens is 1. The molecule has 5 nitrogen and oxygen atoms in total. The third-order valence-corrected chi connectivity index (χ3v) is 4.66. The Kier molecular flexibility index (Phi) is 3.03. The van der Waals surface area contributed by atoms with E-state index in [4.69, 9.17) is 17.7 Å². The number of ether oxygens (including phenoxy) is 2. The molecule has 0 N–H and O–H groups in total. The van der Waals surface area contributed by atoms with E-state index in [-0.39, 0.29) is 24.5 Å². The number of nitrogens with zero attached hydrogens (tertiary/aromatic N) is 1. The Hall–Kier alpha value is -2.09. The maximum Gasteiger partial charge on any atom is 0.261 e. The standard InChI is InChI=1S/C18H16INO4/c1-23-15-10-14(19)16(24-2)9-11(15)7-8-20-17(21)12-5-3-4-6-13(12)18(20)22/h3-6,9-10H,7-8H2,1-2H3/i1D3,2D3. The summed E-state index contributed by atoms with van der Waals surface area (Å²) in [5, 5.41) is 0. The van der Waals surface area contributed by atoms with Gasteiger partial charge in [0.2, 0.25) is 0 Å². The Morgan fingerprint density at radius 1 is 1.04 bits per heavy atom. The molecule has 0 unspecified atom stereocenters. The third kappa shape index (κ3) is 2.86. The molecule has 1 heterocycles. The van der Waals surface area contributed by atoms with Crippen molar-refractivity contribution in [2.45, 2.75) is 6.42 Å². The largest absolute Gasteiger partial charge is 0.496 e. The maximum atomic E-state index is 12.5. The monoisotopic (exact) mass is 443 g/mol. The molecule has 0 radical (unpaired) electrons. The van der Waals surface area contributed by atoms with E-state index in [0.29, 0.717) is 20.3 Å². The Balaban J connectivity index is 1.89. The third-order valence-electron chi connectivity index (χ3n) is 3.82. The highest BCUT2D eigenvalue weighted by atomic mass is 127. The Bertz CT molecular complexity index is 970. The molecule has 0 atom stereocenters. The number of amides is 2. The lowest BCUT2D eigenvalue weighted by molar-refractivity contribution is 0.0656. The highest BCUT2D eigenvalue weighted by Gasteiger charge is 2.34. The van der Waals surface area contributed by atoms with Crippen LogP contribution in [0.4, 0.5) is 0 Å². The van der Waals surface area contributed by atoms with Crippen molar-refractivity contribution in [1.82, 2.24) is 4.90 Å². The molecular weight excluding hydrogens is 421 g/mol. The fourth-order valence-electron chi connectivity index (χ4n) is 2.62. The van der Waals surface area contributed by atoms with Gasteiger partial charge in [0.05, 0.1) is 37.0 Å². The second-order valence-corrected chi connectivity index (χ2v) is 6.31. The van der Waals surface area contributed by atoms with E-state index in [1.807, 2.05) is 22.6 Å². The molecule has 0 aliphatic carbocycles. The van der Waals surface area contributed by atoms with Crippen molar-refractivity contribution >= 4 is 34.4 Å². The molecule has 1 aliphatic rings. The molecule has 0 saturated heterocycles. The lowest BCUT2D eigenvalue weighted by Crippen LogP contribution is -2.31. The second-order valence-electron chi connectivity index (χ2n) is 5.15. The van der Waals surface area contributed by atoms with Crippen molar-refractivity contribution in [1.29, 1.82) is 0 Å². The smallest absolute Gasteiger partial charge is 0.261 e. The summed E-state index contributed by atoms with van der Waals surface area (Å²) in [5.41, 5.74) is 0.897. The van der Waals surface area contributed by atoms with Crippen LogP contribution in [0.15, 0.2) is 36.4 Å². The van der Waals surface area contributed by atoms with E-state index in [9.17, 15) is 9.59 Å². The number of carbonyl (C=O) groups is 2. The molecule has 2 aromatic carbocycles. The van der Waals surface area contributed by atoms with Crippen LogP contribution in [0.25, 0.3) is 0 Å². The van der Waals surface area contributed by atoms with Gasteiger partial charge in [0.25, 0.3) is 11.8 Å². The molecule has 0 spiro atoms. The fourth-order valence-corrected chi connectivity index (χ4v) is 3.17. The number of fused-ring (bicyclic) bond motifs is 1. The first kappa shape index (κ1) is 10.7. The summed E-state index contributed by atoms with van der Waals surface area (Å²) in [6.45, 7) is -0.0441. The summed E-state index contributed by atoms with van der Waals surface area (Å²) in [6, 6.07) is 9.15. The highest BCUT2D eigenvalue weighted by Crippen LogP contribution is 2.31. The van der Waals surface area contributed by atoms with Gasteiger partial charge in [-0.2, -0.15) is 0 Å². The molecular formula is C18H16INO4.